The van der Waals surface area contributed by atoms with Crippen molar-refractivity contribution in [2.24, 2.45) is 5.73 Å². The van der Waals surface area contributed by atoms with Crippen molar-refractivity contribution in [1.29, 1.82) is 0 Å². The van der Waals surface area contributed by atoms with Gasteiger partial charge in [-0.05, 0) is 31.0 Å². The van der Waals surface area contributed by atoms with Crippen molar-refractivity contribution in [3.05, 3.63) is 35.4 Å². The number of rotatable bonds is 6. The predicted octanol–water partition coefficient (Wildman–Crippen LogP) is 3.40. The molecule has 3 N–H and O–H groups in total. The van der Waals surface area contributed by atoms with Gasteiger partial charge < -0.3 is 11.1 Å². The Hall–Kier alpha value is -1.56. The Balaban J connectivity index is 2.67. The van der Waals surface area contributed by atoms with Gasteiger partial charge in [0.2, 0.25) is 5.91 Å². The highest BCUT2D eigenvalue weighted by Gasteiger charge is 2.30. The average Bonchev–Trinajstić information content (AvgIpc) is 2.37. The second-order valence-corrected chi connectivity index (χ2v) is 5.17. The standard InChI is InChI=1S/C15H21F3N2O/c1-3-5-13(19)9-14(21)20-10(2)11-6-4-7-12(8-11)15(16,17)18/h4,6-8,10,13H,3,5,9,19H2,1-2H3,(H,20,21). The molecule has 2 atom stereocenters. The number of amides is 1. The van der Waals surface area contributed by atoms with E-state index in [4.69, 9.17) is 5.73 Å². The molecule has 21 heavy (non-hydrogen) atoms. The van der Waals surface area contributed by atoms with Crippen LogP contribution < -0.4 is 11.1 Å². The monoisotopic (exact) mass is 302 g/mol. The average molecular weight is 302 g/mol. The van der Waals surface area contributed by atoms with Gasteiger partial charge in [0.1, 0.15) is 0 Å². The lowest BCUT2D eigenvalue weighted by Gasteiger charge is -2.17. The lowest BCUT2D eigenvalue weighted by Crippen LogP contribution is -2.33. The van der Waals surface area contributed by atoms with Crippen LogP contribution in [0.5, 0.6) is 0 Å². The molecule has 0 spiro atoms. The molecule has 0 aliphatic rings. The Kier molecular flexibility index (Phi) is 6.20. The number of hydrogen-bond acceptors (Lipinski definition) is 2. The largest absolute Gasteiger partial charge is 0.416 e. The van der Waals surface area contributed by atoms with Crippen LogP contribution in [0, 0.1) is 0 Å². The summed E-state index contributed by atoms with van der Waals surface area (Å²) in [7, 11) is 0. The zero-order valence-corrected chi connectivity index (χ0v) is 12.2. The molecule has 2 unspecified atom stereocenters. The van der Waals surface area contributed by atoms with Crippen LogP contribution >= 0.6 is 0 Å². The molecule has 0 saturated heterocycles. The molecule has 1 aromatic rings. The van der Waals surface area contributed by atoms with E-state index in [0.29, 0.717) is 5.56 Å². The maximum atomic E-state index is 12.6. The number of hydrogen-bond donors (Lipinski definition) is 2. The van der Waals surface area contributed by atoms with Gasteiger partial charge in [-0.1, -0.05) is 25.5 Å². The van der Waals surface area contributed by atoms with Crippen LogP contribution in [0.1, 0.15) is 50.3 Å². The van der Waals surface area contributed by atoms with Crippen LogP contribution in [-0.4, -0.2) is 11.9 Å². The summed E-state index contributed by atoms with van der Waals surface area (Å²) in [5.41, 5.74) is 5.47. The van der Waals surface area contributed by atoms with Gasteiger partial charge in [-0.3, -0.25) is 4.79 Å². The predicted molar refractivity (Wildman–Crippen MR) is 75.5 cm³/mol. The molecule has 1 aromatic carbocycles. The van der Waals surface area contributed by atoms with Crippen molar-refractivity contribution in [1.82, 2.24) is 5.32 Å². The molecule has 1 rings (SSSR count). The maximum Gasteiger partial charge on any atom is 0.416 e. The molecule has 3 nitrogen and oxygen atoms in total. The molecule has 0 aromatic heterocycles. The van der Waals surface area contributed by atoms with Crippen LogP contribution in [0.15, 0.2) is 24.3 Å². The summed E-state index contributed by atoms with van der Waals surface area (Å²) in [4.78, 5) is 11.8. The smallest absolute Gasteiger partial charge is 0.350 e. The summed E-state index contributed by atoms with van der Waals surface area (Å²) in [5.74, 6) is -0.249. The Labute approximate surface area is 122 Å². The van der Waals surface area contributed by atoms with Crippen LogP contribution in [-0.2, 0) is 11.0 Å². The summed E-state index contributed by atoms with van der Waals surface area (Å²) in [6.45, 7) is 3.63. The van der Waals surface area contributed by atoms with Gasteiger partial charge in [0.05, 0.1) is 11.6 Å². The van der Waals surface area contributed by atoms with Crippen molar-refractivity contribution in [2.75, 3.05) is 0 Å². The molecule has 118 valence electrons. The lowest BCUT2D eigenvalue weighted by molar-refractivity contribution is -0.137. The molecule has 6 heteroatoms. The van der Waals surface area contributed by atoms with Crippen molar-refractivity contribution in [3.8, 4) is 0 Å². The zero-order valence-electron chi connectivity index (χ0n) is 12.2. The molecule has 0 fully saturated rings. The van der Waals surface area contributed by atoms with Crippen molar-refractivity contribution < 1.29 is 18.0 Å². The molecular formula is C15H21F3N2O. The zero-order chi connectivity index (χ0) is 16.0. The van der Waals surface area contributed by atoms with Crippen molar-refractivity contribution in [3.63, 3.8) is 0 Å². The van der Waals surface area contributed by atoms with Crippen LogP contribution in [0.25, 0.3) is 0 Å². The number of carbonyl (C=O) groups excluding carboxylic acids is 1. The fourth-order valence-electron chi connectivity index (χ4n) is 2.08. The van der Waals surface area contributed by atoms with Crippen LogP contribution in [0.4, 0.5) is 13.2 Å². The van der Waals surface area contributed by atoms with Crippen LogP contribution in [0.2, 0.25) is 0 Å². The molecule has 0 heterocycles. The molecule has 0 aliphatic carbocycles. The van der Waals surface area contributed by atoms with E-state index in [2.05, 4.69) is 5.32 Å². The highest BCUT2D eigenvalue weighted by Crippen LogP contribution is 2.30. The Morgan fingerprint density at radius 1 is 1.38 bits per heavy atom. The van der Waals surface area contributed by atoms with Gasteiger partial charge in [0.15, 0.2) is 0 Å². The van der Waals surface area contributed by atoms with Gasteiger partial charge in [-0.2, -0.15) is 13.2 Å². The fraction of sp³-hybridized carbons (Fsp3) is 0.533. The number of halogens is 3. The SMILES string of the molecule is CCCC(N)CC(=O)NC(C)c1cccc(C(F)(F)F)c1. The number of benzene rings is 1. The van der Waals surface area contributed by atoms with Gasteiger partial charge in [0, 0.05) is 12.5 Å². The van der Waals surface area contributed by atoms with Crippen molar-refractivity contribution in [2.45, 2.75) is 51.4 Å². The number of nitrogens with two attached hydrogens (primary N) is 1. The lowest BCUT2D eigenvalue weighted by atomic mass is 10.0. The van der Waals surface area contributed by atoms with Crippen LogP contribution in [0.3, 0.4) is 0 Å². The summed E-state index contributed by atoms with van der Waals surface area (Å²) in [6, 6.07) is 4.25. The normalized spacial score (nSPS) is 14.6. The third-order valence-corrected chi connectivity index (χ3v) is 3.20. The highest BCUT2D eigenvalue weighted by atomic mass is 19.4. The molecule has 0 aliphatic heterocycles. The third-order valence-electron chi connectivity index (χ3n) is 3.20. The first kappa shape index (κ1) is 17.5. The van der Waals surface area contributed by atoms with E-state index in [1.165, 1.54) is 6.07 Å². The summed E-state index contributed by atoms with van der Waals surface area (Å²) < 4.78 is 37.9. The third kappa shape index (κ3) is 5.75. The van der Waals surface area contributed by atoms with E-state index >= 15 is 0 Å². The summed E-state index contributed by atoms with van der Waals surface area (Å²) in [5, 5.41) is 2.68. The first-order valence-corrected chi connectivity index (χ1v) is 6.96. The quantitative estimate of drug-likeness (QED) is 0.846. The minimum atomic E-state index is -4.39. The first-order chi connectivity index (χ1) is 9.74. The molecular weight excluding hydrogens is 281 g/mol. The fourth-order valence-corrected chi connectivity index (χ4v) is 2.08. The second-order valence-electron chi connectivity index (χ2n) is 5.17. The Bertz CT molecular complexity index is 474. The number of nitrogens with one attached hydrogen (secondary N) is 1. The molecule has 1 amide bonds. The summed E-state index contributed by atoms with van der Waals surface area (Å²) in [6.07, 6.45) is -2.58. The first-order valence-electron chi connectivity index (χ1n) is 6.96. The van der Waals surface area contributed by atoms with E-state index < -0.39 is 17.8 Å². The topological polar surface area (TPSA) is 55.1 Å². The van der Waals surface area contributed by atoms with Crippen molar-refractivity contribution >= 4 is 5.91 Å². The Morgan fingerprint density at radius 2 is 2.05 bits per heavy atom. The van der Waals surface area contributed by atoms with E-state index in [1.54, 1.807) is 13.0 Å². The Morgan fingerprint density at radius 3 is 2.62 bits per heavy atom. The van der Waals surface area contributed by atoms with E-state index in [9.17, 15) is 18.0 Å². The maximum absolute atomic E-state index is 12.6. The minimum Gasteiger partial charge on any atom is -0.350 e. The number of alkyl halides is 3. The van der Waals surface area contributed by atoms with Gasteiger partial charge in [-0.25, -0.2) is 0 Å². The summed E-state index contributed by atoms with van der Waals surface area (Å²) >= 11 is 0. The van der Waals surface area contributed by atoms with Gasteiger partial charge in [0.25, 0.3) is 0 Å². The highest BCUT2D eigenvalue weighted by molar-refractivity contribution is 5.77. The van der Waals surface area contributed by atoms with Gasteiger partial charge >= 0.3 is 6.18 Å². The minimum absolute atomic E-state index is 0.178. The molecule has 0 saturated carbocycles. The van der Waals surface area contributed by atoms with Gasteiger partial charge in [-0.15, -0.1) is 0 Å². The number of carbonyl (C=O) groups is 1. The van der Waals surface area contributed by atoms with E-state index in [-0.39, 0.29) is 18.4 Å². The second kappa shape index (κ2) is 7.45. The van der Waals surface area contributed by atoms with E-state index in [0.717, 1.165) is 25.0 Å². The molecule has 0 bridgehead atoms. The van der Waals surface area contributed by atoms with E-state index in [1.807, 2.05) is 6.92 Å². The molecule has 0 radical (unpaired) electrons.